The lowest BCUT2D eigenvalue weighted by Crippen LogP contribution is -2.42. The predicted octanol–water partition coefficient (Wildman–Crippen LogP) is 1.41. The highest BCUT2D eigenvalue weighted by Gasteiger charge is 2.12. The minimum Gasteiger partial charge on any atom is -0.462 e. The van der Waals surface area contributed by atoms with Gasteiger partial charge in [-0.2, -0.15) is 0 Å². The van der Waals surface area contributed by atoms with Crippen LogP contribution >= 0.6 is 0 Å². The van der Waals surface area contributed by atoms with Gasteiger partial charge in [0.05, 0.1) is 6.26 Å². The van der Waals surface area contributed by atoms with Crippen LogP contribution in [-0.4, -0.2) is 29.9 Å². The SMILES string of the molecule is CC(C)(C)NCC(O)COc1ccco1. The largest absolute Gasteiger partial charge is 0.462 e. The van der Waals surface area contributed by atoms with Crippen molar-refractivity contribution in [3.05, 3.63) is 18.4 Å². The Morgan fingerprint density at radius 3 is 2.80 bits per heavy atom. The fourth-order valence-electron chi connectivity index (χ4n) is 1.01. The van der Waals surface area contributed by atoms with Gasteiger partial charge in [-0.05, 0) is 26.8 Å². The number of ether oxygens (including phenoxy) is 1. The Bertz CT molecular complexity index is 264. The monoisotopic (exact) mass is 213 g/mol. The molecule has 0 fully saturated rings. The summed E-state index contributed by atoms with van der Waals surface area (Å²) < 4.78 is 10.2. The van der Waals surface area contributed by atoms with Gasteiger partial charge in [-0.15, -0.1) is 0 Å². The van der Waals surface area contributed by atoms with Gasteiger partial charge in [-0.1, -0.05) is 0 Å². The summed E-state index contributed by atoms with van der Waals surface area (Å²) in [5, 5.41) is 12.8. The lowest BCUT2D eigenvalue weighted by molar-refractivity contribution is 0.0869. The van der Waals surface area contributed by atoms with Gasteiger partial charge in [0.2, 0.25) is 0 Å². The van der Waals surface area contributed by atoms with Gasteiger partial charge in [0.25, 0.3) is 5.95 Å². The Morgan fingerprint density at radius 1 is 1.53 bits per heavy atom. The van der Waals surface area contributed by atoms with E-state index in [4.69, 9.17) is 9.15 Å². The summed E-state index contributed by atoms with van der Waals surface area (Å²) in [5.74, 6) is 0.435. The molecular formula is C11H19NO3. The van der Waals surface area contributed by atoms with Gasteiger partial charge in [0.15, 0.2) is 0 Å². The second-order valence-electron chi connectivity index (χ2n) is 4.53. The first-order chi connectivity index (χ1) is 6.97. The fourth-order valence-corrected chi connectivity index (χ4v) is 1.01. The summed E-state index contributed by atoms with van der Waals surface area (Å²) in [6.07, 6.45) is 1.00. The molecule has 1 rings (SSSR count). The molecule has 0 aliphatic rings. The molecule has 0 spiro atoms. The number of hydrogen-bond donors (Lipinski definition) is 2. The first-order valence-corrected chi connectivity index (χ1v) is 5.07. The maximum absolute atomic E-state index is 9.58. The van der Waals surface area contributed by atoms with Gasteiger partial charge in [-0.3, -0.25) is 0 Å². The van der Waals surface area contributed by atoms with Gasteiger partial charge in [0.1, 0.15) is 12.7 Å². The van der Waals surface area contributed by atoms with E-state index in [0.29, 0.717) is 12.5 Å². The Labute approximate surface area is 90.2 Å². The second-order valence-corrected chi connectivity index (χ2v) is 4.53. The third kappa shape index (κ3) is 5.44. The molecule has 0 aromatic carbocycles. The van der Waals surface area contributed by atoms with Crippen LogP contribution in [0.2, 0.25) is 0 Å². The van der Waals surface area contributed by atoms with E-state index in [1.807, 2.05) is 20.8 Å². The molecular weight excluding hydrogens is 194 g/mol. The Morgan fingerprint density at radius 2 is 2.27 bits per heavy atom. The van der Waals surface area contributed by atoms with Crippen LogP contribution in [0.5, 0.6) is 5.95 Å². The zero-order valence-electron chi connectivity index (χ0n) is 9.49. The third-order valence-corrected chi connectivity index (χ3v) is 1.78. The van der Waals surface area contributed by atoms with Crippen molar-refractivity contribution in [2.45, 2.75) is 32.4 Å². The first kappa shape index (κ1) is 12.1. The molecule has 4 nitrogen and oxygen atoms in total. The molecule has 86 valence electrons. The molecule has 15 heavy (non-hydrogen) atoms. The van der Waals surface area contributed by atoms with Crippen molar-refractivity contribution in [2.75, 3.05) is 13.2 Å². The van der Waals surface area contributed by atoms with Crippen molar-refractivity contribution in [1.29, 1.82) is 0 Å². The van der Waals surface area contributed by atoms with Crippen molar-refractivity contribution in [2.24, 2.45) is 0 Å². The second kappa shape index (κ2) is 5.19. The molecule has 0 bridgehead atoms. The summed E-state index contributed by atoms with van der Waals surface area (Å²) in [7, 11) is 0. The Hall–Kier alpha value is -1.00. The molecule has 0 amide bonds. The van der Waals surface area contributed by atoms with Crippen molar-refractivity contribution in [1.82, 2.24) is 5.32 Å². The summed E-state index contributed by atoms with van der Waals surface area (Å²) >= 11 is 0. The van der Waals surface area contributed by atoms with E-state index in [1.54, 1.807) is 12.1 Å². The molecule has 0 saturated carbocycles. The topological polar surface area (TPSA) is 54.6 Å². The van der Waals surface area contributed by atoms with Crippen LogP contribution in [0.3, 0.4) is 0 Å². The highest BCUT2D eigenvalue weighted by atomic mass is 16.6. The molecule has 1 aromatic heterocycles. The number of furan rings is 1. The molecule has 0 saturated heterocycles. The van der Waals surface area contributed by atoms with E-state index in [1.165, 1.54) is 6.26 Å². The summed E-state index contributed by atoms with van der Waals surface area (Å²) in [5.41, 5.74) is 0.00562. The maximum Gasteiger partial charge on any atom is 0.284 e. The normalized spacial score (nSPS) is 13.9. The molecule has 2 N–H and O–H groups in total. The highest BCUT2D eigenvalue weighted by Crippen LogP contribution is 2.09. The number of aliphatic hydroxyl groups excluding tert-OH is 1. The van der Waals surface area contributed by atoms with E-state index in [-0.39, 0.29) is 12.1 Å². The average Bonchev–Trinajstić information content (AvgIpc) is 2.62. The number of aliphatic hydroxyl groups is 1. The van der Waals surface area contributed by atoms with Crippen LogP contribution in [0.1, 0.15) is 20.8 Å². The molecule has 0 aliphatic carbocycles. The third-order valence-electron chi connectivity index (χ3n) is 1.78. The average molecular weight is 213 g/mol. The number of hydrogen-bond acceptors (Lipinski definition) is 4. The summed E-state index contributed by atoms with van der Waals surface area (Å²) in [6, 6.07) is 3.46. The lowest BCUT2D eigenvalue weighted by atomic mass is 10.1. The van der Waals surface area contributed by atoms with Crippen molar-refractivity contribution < 1.29 is 14.3 Å². The zero-order valence-corrected chi connectivity index (χ0v) is 9.49. The van der Waals surface area contributed by atoms with Crippen LogP contribution in [0.15, 0.2) is 22.8 Å². The van der Waals surface area contributed by atoms with Crippen molar-refractivity contribution in [3.63, 3.8) is 0 Å². The van der Waals surface area contributed by atoms with Crippen LogP contribution in [0.4, 0.5) is 0 Å². The van der Waals surface area contributed by atoms with Crippen LogP contribution in [-0.2, 0) is 0 Å². The van der Waals surface area contributed by atoms with E-state index in [9.17, 15) is 5.11 Å². The van der Waals surface area contributed by atoms with E-state index < -0.39 is 6.10 Å². The van der Waals surface area contributed by atoms with Crippen LogP contribution in [0.25, 0.3) is 0 Å². The van der Waals surface area contributed by atoms with Gasteiger partial charge >= 0.3 is 0 Å². The summed E-state index contributed by atoms with van der Waals surface area (Å²) in [4.78, 5) is 0. The smallest absolute Gasteiger partial charge is 0.284 e. The quantitative estimate of drug-likeness (QED) is 0.776. The molecule has 0 aliphatic heterocycles. The van der Waals surface area contributed by atoms with Gasteiger partial charge < -0.3 is 19.6 Å². The number of β-amino-alcohol motifs (C(OH)–C–C–N with tert-alkyl or cyclic N) is 1. The first-order valence-electron chi connectivity index (χ1n) is 5.07. The van der Waals surface area contributed by atoms with E-state index >= 15 is 0 Å². The minimum absolute atomic E-state index is 0.00562. The molecule has 1 aromatic rings. The molecule has 1 unspecified atom stereocenters. The number of nitrogens with one attached hydrogen (secondary N) is 1. The highest BCUT2D eigenvalue weighted by molar-refractivity contribution is 5.03. The number of rotatable bonds is 5. The van der Waals surface area contributed by atoms with Gasteiger partial charge in [-0.25, -0.2) is 0 Å². The van der Waals surface area contributed by atoms with Gasteiger partial charge in [0, 0.05) is 18.2 Å². The standard InChI is InChI=1S/C11H19NO3/c1-11(2,3)12-7-9(13)8-15-10-5-4-6-14-10/h4-6,9,12-13H,7-8H2,1-3H3. The maximum atomic E-state index is 9.58. The predicted molar refractivity (Wildman–Crippen MR) is 58.0 cm³/mol. The fraction of sp³-hybridized carbons (Fsp3) is 0.636. The Balaban J connectivity index is 2.16. The van der Waals surface area contributed by atoms with E-state index in [0.717, 1.165) is 0 Å². The van der Waals surface area contributed by atoms with Crippen LogP contribution < -0.4 is 10.1 Å². The van der Waals surface area contributed by atoms with Crippen molar-refractivity contribution >= 4 is 0 Å². The molecule has 4 heteroatoms. The lowest BCUT2D eigenvalue weighted by Gasteiger charge is -2.22. The van der Waals surface area contributed by atoms with Crippen LogP contribution in [0, 0.1) is 0 Å². The Kier molecular flexibility index (Phi) is 4.17. The minimum atomic E-state index is -0.533. The van der Waals surface area contributed by atoms with E-state index in [2.05, 4.69) is 5.32 Å². The van der Waals surface area contributed by atoms with Crippen molar-refractivity contribution in [3.8, 4) is 5.95 Å². The summed E-state index contributed by atoms with van der Waals surface area (Å²) in [6.45, 7) is 6.88. The molecule has 0 radical (unpaired) electrons. The zero-order chi connectivity index (χ0) is 11.3. The molecule has 1 atom stereocenters. The molecule has 1 heterocycles.